The molecule has 140 valence electrons. The van der Waals surface area contributed by atoms with E-state index in [1.165, 1.54) is 39.2 Å². The Bertz CT molecular complexity index is 615. The van der Waals surface area contributed by atoms with Crippen LogP contribution in [-0.4, -0.2) is 41.5 Å². The van der Waals surface area contributed by atoms with E-state index < -0.39 is 0 Å². The summed E-state index contributed by atoms with van der Waals surface area (Å²) >= 11 is 0. The van der Waals surface area contributed by atoms with Gasteiger partial charge in [-0.15, -0.1) is 0 Å². The molecule has 1 atom stereocenters. The second-order valence-electron chi connectivity index (χ2n) is 7.21. The summed E-state index contributed by atoms with van der Waals surface area (Å²) in [6.07, 6.45) is 6.24. The molecule has 1 aliphatic carbocycles. The first-order valence-electron chi connectivity index (χ1n) is 9.46. The third kappa shape index (κ3) is 4.25. The van der Waals surface area contributed by atoms with Gasteiger partial charge in [0.2, 0.25) is 0 Å². The molecule has 2 rings (SSSR count). The summed E-state index contributed by atoms with van der Waals surface area (Å²) in [5.41, 5.74) is 2.98. The standard InChI is InChI=1S/C20H32N2O3/c1-6-21(13-14(2)20(24)25-5)19(23)18-12-15(3)22(16(18)4)17-10-8-7-9-11-17/h12,14,17H,6-11,13H2,1-5H3. The van der Waals surface area contributed by atoms with Crippen LogP contribution in [0.4, 0.5) is 0 Å². The summed E-state index contributed by atoms with van der Waals surface area (Å²) in [5, 5.41) is 0. The van der Waals surface area contributed by atoms with Crippen LogP contribution in [-0.2, 0) is 9.53 Å². The van der Waals surface area contributed by atoms with E-state index in [2.05, 4.69) is 11.5 Å². The van der Waals surface area contributed by atoms with Crippen molar-refractivity contribution in [2.75, 3.05) is 20.2 Å². The molecule has 5 nitrogen and oxygen atoms in total. The fourth-order valence-corrected chi connectivity index (χ4v) is 4.03. The van der Waals surface area contributed by atoms with E-state index in [0.717, 1.165) is 17.0 Å². The van der Waals surface area contributed by atoms with Crippen molar-refractivity contribution in [3.05, 3.63) is 23.0 Å². The number of methoxy groups -OCH3 is 1. The van der Waals surface area contributed by atoms with E-state index in [1.807, 2.05) is 19.9 Å². The normalized spacial score (nSPS) is 16.5. The second kappa shape index (κ2) is 8.54. The number of hydrogen-bond acceptors (Lipinski definition) is 3. The predicted octanol–water partition coefficient (Wildman–Crippen LogP) is 3.88. The van der Waals surface area contributed by atoms with Crippen LogP contribution in [0.3, 0.4) is 0 Å². The number of aromatic nitrogens is 1. The first kappa shape index (κ1) is 19.5. The highest BCUT2D eigenvalue weighted by Gasteiger charge is 2.26. The highest BCUT2D eigenvalue weighted by molar-refractivity contribution is 5.96. The van der Waals surface area contributed by atoms with Gasteiger partial charge in [-0.25, -0.2) is 0 Å². The highest BCUT2D eigenvalue weighted by atomic mass is 16.5. The fraction of sp³-hybridized carbons (Fsp3) is 0.700. The molecule has 1 unspecified atom stereocenters. The van der Waals surface area contributed by atoms with E-state index in [1.54, 1.807) is 11.8 Å². The third-order valence-electron chi connectivity index (χ3n) is 5.42. The number of amides is 1. The summed E-state index contributed by atoms with van der Waals surface area (Å²) in [5.74, 6) is -0.594. The second-order valence-corrected chi connectivity index (χ2v) is 7.21. The van der Waals surface area contributed by atoms with Crippen LogP contribution in [0.25, 0.3) is 0 Å². The Balaban J connectivity index is 2.21. The maximum absolute atomic E-state index is 13.1. The minimum atomic E-state index is -0.323. The first-order valence-corrected chi connectivity index (χ1v) is 9.46. The lowest BCUT2D eigenvalue weighted by Crippen LogP contribution is -2.37. The molecule has 1 saturated carbocycles. The van der Waals surface area contributed by atoms with Gasteiger partial charge in [0, 0.05) is 30.5 Å². The van der Waals surface area contributed by atoms with Crippen LogP contribution in [0.5, 0.6) is 0 Å². The van der Waals surface area contributed by atoms with Gasteiger partial charge in [0.15, 0.2) is 0 Å². The highest BCUT2D eigenvalue weighted by Crippen LogP contribution is 2.32. The van der Waals surface area contributed by atoms with Gasteiger partial charge in [-0.2, -0.15) is 0 Å². The van der Waals surface area contributed by atoms with Crippen LogP contribution in [0.1, 0.15) is 73.7 Å². The molecule has 0 aliphatic heterocycles. The zero-order valence-corrected chi connectivity index (χ0v) is 16.3. The van der Waals surface area contributed by atoms with Gasteiger partial charge in [0.25, 0.3) is 5.91 Å². The molecule has 0 bridgehead atoms. The lowest BCUT2D eigenvalue weighted by Gasteiger charge is -2.27. The monoisotopic (exact) mass is 348 g/mol. The Kier molecular flexibility index (Phi) is 6.68. The minimum absolute atomic E-state index is 0.00779. The van der Waals surface area contributed by atoms with Crippen LogP contribution < -0.4 is 0 Å². The zero-order valence-electron chi connectivity index (χ0n) is 16.3. The molecule has 1 aromatic heterocycles. The average molecular weight is 348 g/mol. The largest absolute Gasteiger partial charge is 0.469 e. The molecule has 0 spiro atoms. The third-order valence-corrected chi connectivity index (χ3v) is 5.42. The van der Waals surface area contributed by atoms with E-state index in [-0.39, 0.29) is 17.8 Å². The molecule has 1 fully saturated rings. The molecule has 25 heavy (non-hydrogen) atoms. The van der Waals surface area contributed by atoms with Crippen molar-refractivity contribution in [2.45, 2.75) is 65.8 Å². The summed E-state index contributed by atoms with van der Waals surface area (Å²) in [6.45, 7) is 8.84. The molecule has 0 N–H and O–H groups in total. The van der Waals surface area contributed by atoms with Gasteiger partial charge in [0.1, 0.15) is 0 Å². The van der Waals surface area contributed by atoms with Crippen LogP contribution in [0, 0.1) is 19.8 Å². The van der Waals surface area contributed by atoms with Crippen molar-refractivity contribution in [1.29, 1.82) is 0 Å². The number of nitrogens with zero attached hydrogens (tertiary/aromatic N) is 2. The maximum Gasteiger partial charge on any atom is 0.310 e. The number of carbonyl (C=O) groups is 2. The molecular weight excluding hydrogens is 316 g/mol. The zero-order chi connectivity index (χ0) is 18.6. The summed E-state index contributed by atoms with van der Waals surface area (Å²) in [6, 6.07) is 2.52. The van der Waals surface area contributed by atoms with Crippen LogP contribution in [0.2, 0.25) is 0 Å². The Labute approximate surface area is 151 Å². The molecule has 1 heterocycles. The Hall–Kier alpha value is -1.78. The van der Waals surface area contributed by atoms with Gasteiger partial charge < -0.3 is 14.2 Å². The van der Waals surface area contributed by atoms with Crippen molar-refractivity contribution in [3.8, 4) is 0 Å². The number of rotatable bonds is 6. The number of esters is 1. The molecule has 0 radical (unpaired) electrons. The Morgan fingerprint density at radius 2 is 1.92 bits per heavy atom. The minimum Gasteiger partial charge on any atom is -0.469 e. The first-order chi connectivity index (χ1) is 11.9. The fourth-order valence-electron chi connectivity index (χ4n) is 4.03. The molecule has 5 heteroatoms. The quantitative estimate of drug-likeness (QED) is 0.733. The lowest BCUT2D eigenvalue weighted by atomic mass is 9.95. The molecular formula is C20H32N2O3. The topological polar surface area (TPSA) is 51.5 Å². The van der Waals surface area contributed by atoms with Crippen LogP contribution >= 0.6 is 0 Å². The summed E-state index contributed by atoms with van der Waals surface area (Å²) in [7, 11) is 1.38. The molecule has 1 aromatic rings. The SMILES string of the molecule is CCN(CC(C)C(=O)OC)C(=O)c1cc(C)n(C2CCCCC2)c1C. The van der Waals surface area contributed by atoms with Gasteiger partial charge in [0.05, 0.1) is 18.6 Å². The summed E-state index contributed by atoms with van der Waals surface area (Å²) in [4.78, 5) is 26.5. The number of hydrogen-bond donors (Lipinski definition) is 0. The van der Waals surface area contributed by atoms with Gasteiger partial charge >= 0.3 is 5.97 Å². The molecule has 1 amide bonds. The van der Waals surface area contributed by atoms with E-state index in [9.17, 15) is 9.59 Å². The predicted molar refractivity (Wildman–Crippen MR) is 98.8 cm³/mol. The summed E-state index contributed by atoms with van der Waals surface area (Å²) < 4.78 is 7.14. The van der Waals surface area contributed by atoms with Crippen molar-refractivity contribution in [1.82, 2.24) is 9.47 Å². The van der Waals surface area contributed by atoms with E-state index in [4.69, 9.17) is 4.74 Å². The van der Waals surface area contributed by atoms with Crippen molar-refractivity contribution >= 4 is 11.9 Å². The number of aryl methyl sites for hydroxylation is 1. The molecule has 0 aromatic carbocycles. The Morgan fingerprint density at radius 1 is 1.28 bits per heavy atom. The number of carbonyl (C=O) groups excluding carboxylic acids is 2. The maximum atomic E-state index is 13.1. The van der Waals surface area contributed by atoms with Gasteiger partial charge in [-0.1, -0.05) is 26.2 Å². The van der Waals surface area contributed by atoms with Crippen molar-refractivity contribution < 1.29 is 14.3 Å². The smallest absolute Gasteiger partial charge is 0.310 e. The number of ether oxygens (including phenoxy) is 1. The van der Waals surface area contributed by atoms with E-state index >= 15 is 0 Å². The van der Waals surface area contributed by atoms with Crippen molar-refractivity contribution in [3.63, 3.8) is 0 Å². The van der Waals surface area contributed by atoms with Crippen molar-refractivity contribution in [2.24, 2.45) is 5.92 Å². The van der Waals surface area contributed by atoms with Gasteiger partial charge in [-0.3, -0.25) is 9.59 Å². The van der Waals surface area contributed by atoms with Gasteiger partial charge in [-0.05, 0) is 39.7 Å². The van der Waals surface area contributed by atoms with E-state index in [0.29, 0.717) is 19.1 Å². The average Bonchev–Trinajstić information content (AvgIpc) is 2.93. The molecule has 1 aliphatic rings. The Morgan fingerprint density at radius 3 is 2.48 bits per heavy atom. The molecule has 0 saturated heterocycles. The van der Waals surface area contributed by atoms with Crippen LogP contribution in [0.15, 0.2) is 6.07 Å². The lowest BCUT2D eigenvalue weighted by molar-refractivity contribution is -0.145.